The lowest BCUT2D eigenvalue weighted by Crippen LogP contribution is -2.19. The summed E-state index contributed by atoms with van der Waals surface area (Å²) in [5, 5.41) is 0.102. The zero-order valence-electron chi connectivity index (χ0n) is 11.6. The van der Waals surface area contributed by atoms with E-state index in [0.29, 0.717) is 11.8 Å². The van der Waals surface area contributed by atoms with Gasteiger partial charge in [-0.25, -0.2) is 0 Å². The van der Waals surface area contributed by atoms with Gasteiger partial charge in [0.25, 0.3) is 0 Å². The molecule has 3 atom stereocenters. The standard InChI is InChI=1S/C17H18ClNO/c1-19-9-14-12-4-2-3-5-16(12)20-17-7-6-11(18)8-13(17)15(14)10-19/h2-7,11,14-15H,8-10H2,1H3/t11-,14-,15-/m1/s1. The number of alkyl halides is 1. The molecule has 1 saturated heterocycles. The molecule has 1 aromatic rings. The summed E-state index contributed by atoms with van der Waals surface area (Å²) in [5.41, 5.74) is 2.74. The monoisotopic (exact) mass is 287 g/mol. The topological polar surface area (TPSA) is 12.5 Å². The van der Waals surface area contributed by atoms with Crippen LogP contribution in [-0.4, -0.2) is 30.4 Å². The number of halogens is 1. The van der Waals surface area contributed by atoms with E-state index in [1.165, 1.54) is 11.1 Å². The van der Waals surface area contributed by atoms with Crippen molar-refractivity contribution < 1.29 is 4.74 Å². The van der Waals surface area contributed by atoms with Crippen LogP contribution >= 0.6 is 11.6 Å². The van der Waals surface area contributed by atoms with Crippen LogP contribution in [0.3, 0.4) is 0 Å². The number of likely N-dealkylation sites (N-methyl/N-ethyl adjacent to an activating group) is 1. The molecule has 104 valence electrons. The van der Waals surface area contributed by atoms with Gasteiger partial charge in [0, 0.05) is 24.9 Å². The first kappa shape index (κ1) is 12.5. The maximum absolute atomic E-state index is 6.34. The zero-order chi connectivity index (χ0) is 13.7. The Morgan fingerprint density at radius 2 is 2.00 bits per heavy atom. The average molecular weight is 288 g/mol. The predicted molar refractivity (Wildman–Crippen MR) is 81.2 cm³/mol. The molecular weight excluding hydrogens is 270 g/mol. The molecule has 0 N–H and O–H groups in total. The molecule has 0 aromatic heterocycles. The van der Waals surface area contributed by atoms with E-state index in [4.69, 9.17) is 16.3 Å². The fourth-order valence-electron chi connectivity index (χ4n) is 3.78. The Morgan fingerprint density at radius 1 is 1.20 bits per heavy atom. The average Bonchev–Trinajstić information content (AvgIpc) is 2.78. The van der Waals surface area contributed by atoms with Crippen molar-refractivity contribution >= 4 is 11.6 Å². The van der Waals surface area contributed by atoms with Crippen molar-refractivity contribution in [3.63, 3.8) is 0 Å². The SMILES string of the molecule is CN1C[C@@H]2C3=C(C=C[C@@H](Cl)C3)Oc3ccccc3[C@H]2C1. The van der Waals surface area contributed by atoms with E-state index < -0.39 is 0 Å². The molecule has 20 heavy (non-hydrogen) atoms. The summed E-state index contributed by atoms with van der Waals surface area (Å²) in [6.07, 6.45) is 5.02. The summed E-state index contributed by atoms with van der Waals surface area (Å²) >= 11 is 6.34. The minimum Gasteiger partial charge on any atom is -0.457 e. The highest BCUT2D eigenvalue weighted by atomic mass is 35.5. The fourth-order valence-corrected chi connectivity index (χ4v) is 4.02. The third-order valence-electron chi connectivity index (χ3n) is 4.68. The first-order valence-corrected chi connectivity index (χ1v) is 7.66. The quantitative estimate of drug-likeness (QED) is 0.677. The molecule has 2 aliphatic heterocycles. The van der Waals surface area contributed by atoms with E-state index in [0.717, 1.165) is 31.0 Å². The van der Waals surface area contributed by atoms with E-state index in [2.05, 4.69) is 42.3 Å². The number of likely N-dealkylation sites (tertiary alicyclic amines) is 1. The zero-order valence-corrected chi connectivity index (χ0v) is 12.3. The van der Waals surface area contributed by atoms with Gasteiger partial charge < -0.3 is 9.64 Å². The second kappa shape index (κ2) is 4.64. The number of ether oxygens (including phenoxy) is 1. The summed E-state index contributed by atoms with van der Waals surface area (Å²) in [6.45, 7) is 2.19. The number of rotatable bonds is 0. The summed E-state index contributed by atoms with van der Waals surface area (Å²) in [4.78, 5) is 2.42. The van der Waals surface area contributed by atoms with Crippen LogP contribution in [0.15, 0.2) is 47.7 Å². The molecule has 2 heterocycles. The second-order valence-corrected chi connectivity index (χ2v) is 6.60. The summed E-state index contributed by atoms with van der Waals surface area (Å²) in [7, 11) is 2.20. The van der Waals surface area contributed by atoms with Crippen LogP contribution in [0.25, 0.3) is 0 Å². The highest BCUT2D eigenvalue weighted by Gasteiger charge is 2.40. The number of hydrogen-bond donors (Lipinski definition) is 0. The molecular formula is C17H18ClNO. The predicted octanol–water partition coefficient (Wildman–Crippen LogP) is 3.55. The van der Waals surface area contributed by atoms with Gasteiger partial charge in [0.15, 0.2) is 0 Å². The van der Waals surface area contributed by atoms with Gasteiger partial charge >= 0.3 is 0 Å². The van der Waals surface area contributed by atoms with E-state index in [1.807, 2.05) is 6.08 Å². The van der Waals surface area contributed by atoms with Crippen LogP contribution in [0.2, 0.25) is 0 Å². The first-order valence-electron chi connectivity index (χ1n) is 7.23. The molecule has 0 unspecified atom stereocenters. The second-order valence-electron chi connectivity index (χ2n) is 6.04. The fraction of sp³-hybridized carbons (Fsp3) is 0.412. The lowest BCUT2D eigenvalue weighted by molar-refractivity contribution is 0.387. The van der Waals surface area contributed by atoms with Crippen LogP contribution < -0.4 is 4.74 Å². The van der Waals surface area contributed by atoms with Crippen molar-refractivity contribution in [3.05, 3.63) is 53.3 Å². The van der Waals surface area contributed by atoms with Gasteiger partial charge in [0.05, 0.1) is 5.38 Å². The summed E-state index contributed by atoms with van der Waals surface area (Å²) < 4.78 is 6.20. The molecule has 3 heteroatoms. The number of para-hydroxylation sites is 1. The van der Waals surface area contributed by atoms with Crippen molar-refractivity contribution in [1.29, 1.82) is 0 Å². The molecule has 0 spiro atoms. The summed E-state index contributed by atoms with van der Waals surface area (Å²) in [6, 6.07) is 8.46. The minimum atomic E-state index is 0.102. The number of fused-ring (bicyclic) bond motifs is 4. The molecule has 2 nitrogen and oxygen atoms in total. The van der Waals surface area contributed by atoms with Crippen LogP contribution in [0, 0.1) is 5.92 Å². The third kappa shape index (κ3) is 1.90. The Labute approximate surface area is 124 Å². The maximum Gasteiger partial charge on any atom is 0.130 e. The molecule has 1 aromatic carbocycles. The van der Waals surface area contributed by atoms with Gasteiger partial charge in [-0.1, -0.05) is 24.3 Å². The Bertz CT molecular complexity index is 607. The first-order chi connectivity index (χ1) is 9.72. The molecule has 1 aliphatic carbocycles. The molecule has 0 amide bonds. The number of benzene rings is 1. The molecule has 0 bridgehead atoms. The van der Waals surface area contributed by atoms with Crippen molar-refractivity contribution in [2.45, 2.75) is 17.7 Å². The van der Waals surface area contributed by atoms with Gasteiger partial charge in [-0.15, -0.1) is 11.6 Å². The van der Waals surface area contributed by atoms with Crippen molar-refractivity contribution in [2.24, 2.45) is 5.92 Å². The van der Waals surface area contributed by atoms with Crippen molar-refractivity contribution in [3.8, 4) is 5.75 Å². The van der Waals surface area contributed by atoms with Gasteiger partial charge in [-0.05, 0) is 36.7 Å². The number of allylic oxidation sites excluding steroid dienone is 2. The molecule has 0 radical (unpaired) electrons. The Balaban J connectivity index is 1.86. The highest BCUT2D eigenvalue weighted by molar-refractivity contribution is 6.22. The van der Waals surface area contributed by atoms with Crippen LogP contribution in [-0.2, 0) is 0 Å². The van der Waals surface area contributed by atoms with Crippen molar-refractivity contribution in [2.75, 3.05) is 20.1 Å². The lowest BCUT2D eigenvalue weighted by atomic mass is 9.81. The number of nitrogens with zero attached hydrogens (tertiary/aromatic N) is 1. The van der Waals surface area contributed by atoms with E-state index in [-0.39, 0.29) is 5.38 Å². The molecule has 3 aliphatic rings. The normalized spacial score (nSPS) is 32.2. The van der Waals surface area contributed by atoms with Crippen molar-refractivity contribution in [1.82, 2.24) is 4.90 Å². The van der Waals surface area contributed by atoms with Gasteiger partial charge in [-0.3, -0.25) is 0 Å². The van der Waals surface area contributed by atoms with Gasteiger partial charge in [0.2, 0.25) is 0 Å². The number of hydrogen-bond acceptors (Lipinski definition) is 2. The largest absolute Gasteiger partial charge is 0.457 e. The van der Waals surface area contributed by atoms with E-state index >= 15 is 0 Å². The Kier molecular flexibility index (Phi) is 2.90. The van der Waals surface area contributed by atoms with Gasteiger partial charge in [-0.2, -0.15) is 0 Å². The lowest BCUT2D eigenvalue weighted by Gasteiger charge is -2.23. The van der Waals surface area contributed by atoms with E-state index in [1.54, 1.807) is 0 Å². The Morgan fingerprint density at radius 3 is 2.90 bits per heavy atom. The van der Waals surface area contributed by atoms with Gasteiger partial charge in [0.1, 0.15) is 11.5 Å². The molecule has 1 fully saturated rings. The Hall–Kier alpha value is -1.25. The molecule has 4 rings (SSSR count). The highest BCUT2D eigenvalue weighted by Crippen LogP contribution is 2.47. The van der Waals surface area contributed by atoms with Crippen LogP contribution in [0.1, 0.15) is 17.9 Å². The third-order valence-corrected chi connectivity index (χ3v) is 4.98. The maximum atomic E-state index is 6.34. The van der Waals surface area contributed by atoms with Crippen LogP contribution in [0.4, 0.5) is 0 Å². The van der Waals surface area contributed by atoms with E-state index in [9.17, 15) is 0 Å². The molecule has 0 saturated carbocycles. The minimum absolute atomic E-state index is 0.102. The summed E-state index contributed by atoms with van der Waals surface area (Å²) in [5.74, 6) is 3.10. The van der Waals surface area contributed by atoms with Crippen LogP contribution in [0.5, 0.6) is 5.75 Å². The smallest absolute Gasteiger partial charge is 0.130 e.